The predicted octanol–water partition coefficient (Wildman–Crippen LogP) is 1.53. The highest BCUT2D eigenvalue weighted by molar-refractivity contribution is 5.89. The highest BCUT2D eigenvalue weighted by Crippen LogP contribution is 2.31. The van der Waals surface area contributed by atoms with Gasteiger partial charge < -0.3 is 25.8 Å². The Labute approximate surface area is 246 Å². The Balaban J connectivity index is 1.34. The molecule has 5 rings (SSSR count). The molecule has 5 amide bonds. The zero-order chi connectivity index (χ0) is 29.5. The first-order chi connectivity index (χ1) is 20.3. The molecule has 2 aromatic carbocycles. The van der Waals surface area contributed by atoms with Crippen LogP contribution in [0.4, 0.5) is 0 Å². The topological polar surface area (TPSA) is 128 Å². The van der Waals surface area contributed by atoms with Crippen LogP contribution in [0.2, 0.25) is 0 Å². The van der Waals surface area contributed by atoms with Crippen LogP contribution in [0.25, 0.3) is 0 Å². The number of hydrogen-bond donors (Lipinski definition) is 3. The number of hydrogen-bond acceptors (Lipinski definition) is 5. The van der Waals surface area contributed by atoms with Crippen molar-refractivity contribution in [2.45, 2.75) is 57.7 Å². The third kappa shape index (κ3) is 8.18. The van der Waals surface area contributed by atoms with E-state index >= 15 is 0 Å². The Hall–Kier alpha value is -4.21. The monoisotopic (exact) mass is 573 g/mol. The second kappa shape index (κ2) is 13.6. The molecule has 2 aliphatic heterocycles. The number of fused-ring (bicyclic) bond motifs is 3. The third-order valence-corrected chi connectivity index (χ3v) is 8.36. The molecule has 1 aliphatic carbocycles. The smallest absolute Gasteiger partial charge is 0.239 e. The minimum absolute atomic E-state index is 0.0426. The van der Waals surface area contributed by atoms with Gasteiger partial charge in [0.2, 0.25) is 29.5 Å². The Morgan fingerprint density at radius 3 is 2.38 bits per heavy atom. The lowest BCUT2D eigenvalue weighted by molar-refractivity contribution is -0.142. The molecule has 10 heteroatoms. The van der Waals surface area contributed by atoms with Gasteiger partial charge in [0.1, 0.15) is 13.1 Å². The lowest BCUT2D eigenvalue weighted by atomic mass is 9.80. The van der Waals surface area contributed by atoms with Crippen molar-refractivity contribution < 1.29 is 24.0 Å². The standard InChI is InChI=1S/C32H39N5O5/c38-28(33-17-22-6-2-1-3-7-22)14-24-12-13-36-19-26(24)16-32(42)37(21-30(40)35-27-10-11-27)20-29(39)34-18-25-9-5-4-8-23(25)15-31(36)41/h1-9,24,26-27H,10-21H2,(H,33,38)(H,34,39)(H,35,40)/t24-,26-/m0/s1. The molecule has 2 heterocycles. The fourth-order valence-electron chi connectivity index (χ4n) is 5.77. The summed E-state index contributed by atoms with van der Waals surface area (Å²) in [4.78, 5) is 68.7. The number of rotatable bonds is 7. The van der Waals surface area contributed by atoms with E-state index < -0.39 is 0 Å². The van der Waals surface area contributed by atoms with Gasteiger partial charge in [-0.15, -0.1) is 0 Å². The quantitative estimate of drug-likeness (QED) is 0.463. The van der Waals surface area contributed by atoms with Gasteiger partial charge in [-0.2, -0.15) is 0 Å². The van der Waals surface area contributed by atoms with E-state index in [4.69, 9.17) is 0 Å². The number of carbonyl (C=O) groups is 5. The molecule has 3 N–H and O–H groups in total. The van der Waals surface area contributed by atoms with E-state index in [1.807, 2.05) is 54.6 Å². The van der Waals surface area contributed by atoms with Gasteiger partial charge in [-0.05, 0) is 47.8 Å². The van der Waals surface area contributed by atoms with Crippen molar-refractivity contribution in [1.82, 2.24) is 25.8 Å². The number of benzene rings is 2. The van der Waals surface area contributed by atoms with E-state index in [0.29, 0.717) is 26.1 Å². The number of amides is 5. The molecule has 2 aromatic rings. The van der Waals surface area contributed by atoms with E-state index in [0.717, 1.165) is 29.5 Å². The van der Waals surface area contributed by atoms with Crippen molar-refractivity contribution >= 4 is 29.5 Å². The summed E-state index contributed by atoms with van der Waals surface area (Å²) in [5.74, 6) is -1.55. The first-order valence-electron chi connectivity index (χ1n) is 14.8. The third-order valence-electron chi connectivity index (χ3n) is 8.36. The largest absolute Gasteiger partial charge is 0.352 e. The molecule has 0 unspecified atom stereocenters. The SMILES string of the molecule is O=C(C[C@@H]1CCN2C[C@@H]1CC(=O)N(CC(=O)NC1CC1)CC(=O)NCc1ccccc1CC2=O)NCc1ccccc1. The Kier molecular flexibility index (Phi) is 9.51. The number of nitrogens with one attached hydrogen (secondary N) is 3. The van der Waals surface area contributed by atoms with E-state index in [2.05, 4.69) is 16.0 Å². The summed E-state index contributed by atoms with van der Waals surface area (Å²) in [5.41, 5.74) is 2.68. The molecular weight excluding hydrogens is 534 g/mol. The van der Waals surface area contributed by atoms with Gasteiger partial charge in [0.05, 0.1) is 6.42 Å². The molecule has 2 bridgehead atoms. The van der Waals surface area contributed by atoms with Gasteiger partial charge in [0.25, 0.3) is 0 Å². The zero-order valence-electron chi connectivity index (χ0n) is 23.8. The van der Waals surface area contributed by atoms with Crippen molar-refractivity contribution in [3.63, 3.8) is 0 Å². The second-order valence-corrected chi connectivity index (χ2v) is 11.6. The fraction of sp³-hybridized carbons (Fsp3) is 0.469. The molecule has 0 spiro atoms. The van der Waals surface area contributed by atoms with E-state index in [1.54, 1.807) is 4.90 Å². The first kappa shape index (κ1) is 29.3. The molecule has 2 atom stereocenters. The van der Waals surface area contributed by atoms with Crippen molar-refractivity contribution in [2.24, 2.45) is 11.8 Å². The Morgan fingerprint density at radius 2 is 1.62 bits per heavy atom. The summed E-state index contributed by atoms with van der Waals surface area (Å²) in [6, 6.07) is 17.3. The Bertz CT molecular complexity index is 1310. The van der Waals surface area contributed by atoms with Crippen LogP contribution in [0.15, 0.2) is 54.6 Å². The second-order valence-electron chi connectivity index (χ2n) is 11.6. The summed E-state index contributed by atoms with van der Waals surface area (Å²) in [6.07, 6.45) is 2.90. The molecule has 3 aliphatic rings. The van der Waals surface area contributed by atoms with Crippen LogP contribution in [0.3, 0.4) is 0 Å². The van der Waals surface area contributed by atoms with E-state index in [-0.39, 0.29) is 86.3 Å². The molecule has 2 fully saturated rings. The Morgan fingerprint density at radius 1 is 0.881 bits per heavy atom. The predicted molar refractivity (Wildman–Crippen MR) is 155 cm³/mol. The van der Waals surface area contributed by atoms with Crippen LogP contribution in [-0.4, -0.2) is 71.6 Å². The van der Waals surface area contributed by atoms with Gasteiger partial charge in [0, 0.05) is 45.1 Å². The van der Waals surface area contributed by atoms with E-state index in [9.17, 15) is 24.0 Å². The maximum Gasteiger partial charge on any atom is 0.239 e. The molecule has 1 saturated heterocycles. The summed E-state index contributed by atoms with van der Waals surface area (Å²) < 4.78 is 0. The molecule has 222 valence electrons. The number of carbonyl (C=O) groups excluding carboxylic acids is 5. The summed E-state index contributed by atoms with van der Waals surface area (Å²) in [7, 11) is 0. The highest BCUT2D eigenvalue weighted by Gasteiger charge is 2.36. The van der Waals surface area contributed by atoms with Crippen LogP contribution in [0.5, 0.6) is 0 Å². The lowest BCUT2D eigenvalue weighted by Gasteiger charge is -2.39. The normalized spacial score (nSPS) is 21.6. The van der Waals surface area contributed by atoms with Gasteiger partial charge in [-0.25, -0.2) is 0 Å². The molecule has 42 heavy (non-hydrogen) atoms. The summed E-state index contributed by atoms with van der Waals surface area (Å²) in [5, 5.41) is 8.73. The summed E-state index contributed by atoms with van der Waals surface area (Å²) >= 11 is 0. The average Bonchev–Trinajstić information content (AvgIpc) is 3.80. The van der Waals surface area contributed by atoms with Gasteiger partial charge in [-0.3, -0.25) is 24.0 Å². The highest BCUT2D eigenvalue weighted by atomic mass is 16.2. The maximum atomic E-state index is 13.7. The van der Waals surface area contributed by atoms with Crippen LogP contribution in [0, 0.1) is 11.8 Å². The van der Waals surface area contributed by atoms with Crippen molar-refractivity contribution in [3.05, 3.63) is 71.3 Å². The minimum atomic E-state index is -0.372. The van der Waals surface area contributed by atoms with Crippen molar-refractivity contribution in [2.75, 3.05) is 26.2 Å². The molecule has 0 aromatic heterocycles. The van der Waals surface area contributed by atoms with Gasteiger partial charge >= 0.3 is 0 Å². The summed E-state index contributed by atoms with van der Waals surface area (Å²) in [6.45, 7) is 1.04. The minimum Gasteiger partial charge on any atom is -0.352 e. The average molecular weight is 574 g/mol. The van der Waals surface area contributed by atoms with Gasteiger partial charge in [0.15, 0.2) is 0 Å². The maximum absolute atomic E-state index is 13.7. The number of piperidine rings is 1. The van der Waals surface area contributed by atoms with Crippen molar-refractivity contribution in [1.29, 1.82) is 0 Å². The van der Waals surface area contributed by atoms with Gasteiger partial charge in [-0.1, -0.05) is 54.6 Å². The fourth-order valence-corrected chi connectivity index (χ4v) is 5.77. The number of nitrogens with zero attached hydrogens (tertiary/aromatic N) is 2. The van der Waals surface area contributed by atoms with Crippen molar-refractivity contribution in [3.8, 4) is 0 Å². The zero-order valence-corrected chi connectivity index (χ0v) is 23.8. The van der Waals surface area contributed by atoms with Crippen LogP contribution in [-0.2, 0) is 43.5 Å². The van der Waals surface area contributed by atoms with Crippen LogP contribution >= 0.6 is 0 Å². The van der Waals surface area contributed by atoms with Crippen LogP contribution < -0.4 is 16.0 Å². The molecule has 1 saturated carbocycles. The lowest BCUT2D eigenvalue weighted by Crippen LogP contribution is -2.50. The molecular formula is C32H39N5O5. The molecule has 10 nitrogen and oxygen atoms in total. The van der Waals surface area contributed by atoms with Crippen LogP contribution in [0.1, 0.15) is 48.8 Å². The first-order valence-corrected chi connectivity index (χ1v) is 14.8. The van der Waals surface area contributed by atoms with E-state index in [1.165, 1.54) is 4.90 Å². The molecule has 0 radical (unpaired) electrons.